The minimum Gasteiger partial charge on any atom is -0.465 e. The Bertz CT molecular complexity index is 1180. The number of thiocarbonyl (C=S) groups is 1. The fourth-order valence-electron chi connectivity index (χ4n) is 3.44. The number of thiophene rings is 1. The highest BCUT2D eigenvalue weighted by atomic mass is 79.9. The van der Waals surface area contributed by atoms with Gasteiger partial charge in [0.2, 0.25) is 0 Å². The third kappa shape index (κ3) is 4.90. The molecule has 3 aromatic rings. The second-order valence-electron chi connectivity index (χ2n) is 6.90. The number of nitrogens with zero attached hydrogens (tertiary/aromatic N) is 2. The molecule has 1 aromatic carbocycles. The number of hydrogen-bond donors (Lipinski definition) is 2. The van der Waals surface area contributed by atoms with Crippen LogP contribution in [0.1, 0.15) is 32.8 Å². The summed E-state index contributed by atoms with van der Waals surface area (Å²) >= 11 is 22.6. The molecule has 0 atom stereocenters. The number of anilines is 2. The molecule has 4 rings (SSSR count). The molecule has 0 aliphatic heterocycles. The number of carbonyl (C=O) groups excluding carboxylic acids is 1. The van der Waals surface area contributed by atoms with Gasteiger partial charge < -0.3 is 15.4 Å². The summed E-state index contributed by atoms with van der Waals surface area (Å²) in [6, 6.07) is 5.46. The first-order valence-corrected chi connectivity index (χ1v) is 12.1. The Morgan fingerprint density at radius 2 is 2.13 bits per heavy atom. The lowest BCUT2D eigenvalue weighted by atomic mass is 10.1. The van der Waals surface area contributed by atoms with E-state index < -0.39 is 0 Å². The number of aromatic nitrogens is 2. The number of benzene rings is 1. The van der Waals surface area contributed by atoms with Crippen molar-refractivity contribution in [2.45, 2.75) is 25.8 Å². The highest BCUT2D eigenvalue weighted by molar-refractivity contribution is 9.10. The first-order chi connectivity index (χ1) is 14.9. The van der Waals surface area contributed by atoms with E-state index in [0.717, 1.165) is 34.9 Å². The molecule has 0 saturated carbocycles. The summed E-state index contributed by atoms with van der Waals surface area (Å²) in [5.74, 6) is 0.207. The fraction of sp³-hybridized carbons (Fsp3) is 0.250. The summed E-state index contributed by atoms with van der Waals surface area (Å²) in [6.07, 6.45) is 4.74. The van der Waals surface area contributed by atoms with Gasteiger partial charge in [-0.05, 0) is 70.7 Å². The molecule has 1 aliphatic rings. The molecule has 0 saturated heterocycles. The molecular formula is C20H17BrCl2N4O2S2. The lowest BCUT2D eigenvalue weighted by Crippen LogP contribution is -2.21. The van der Waals surface area contributed by atoms with Gasteiger partial charge in [0.05, 0.1) is 33.7 Å². The lowest BCUT2D eigenvalue weighted by molar-refractivity contribution is 0.0601. The molecule has 162 valence electrons. The molecule has 2 N–H and O–H groups in total. The number of aryl methyl sites for hydroxylation is 1. The summed E-state index contributed by atoms with van der Waals surface area (Å²) in [5.41, 5.74) is 2.61. The Kier molecular flexibility index (Phi) is 6.88. The van der Waals surface area contributed by atoms with E-state index in [-0.39, 0.29) is 5.97 Å². The molecule has 2 aromatic heterocycles. The van der Waals surface area contributed by atoms with Gasteiger partial charge in [-0.1, -0.05) is 29.3 Å². The molecule has 0 unspecified atom stereocenters. The molecule has 0 radical (unpaired) electrons. The Balaban J connectivity index is 1.47. The number of fused-ring (bicyclic) bond motifs is 1. The Labute approximate surface area is 207 Å². The molecule has 0 fully saturated rings. The molecule has 2 heterocycles. The highest BCUT2D eigenvalue weighted by Gasteiger charge is 2.27. The standard InChI is InChI=1S/C20H17BrCl2N4O2S2/c1-29-19(28)16-11-3-2-4-15(11)31-18(16)25-20(30)24-17-12(21)9-27(26-17)8-10-5-6-13(22)14(23)7-10/h5-7,9H,2-4,8H2,1H3,(H2,24,25,26,30). The van der Waals surface area contributed by atoms with E-state index in [4.69, 9.17) is 40.2 Å². The van der Waals surface area contributed by atoms with Gasteiger partial charge in [-0.3, -0.25) is 4.68 Å². The van der Waals surface area contributed by atoms with Crippen molar-refractivity contribution < 1.29 is 9.53 Å². The third-order valence-corrected chi connectivity index (χ3v) is 7.55. The minimum absolute atomic E-state index is 0.338. The van der Waals surface area contributed by atoms with Crippen molar-refractivity contribution in [3.05, 3.63) is 60.5 Å². The van der Waals surface area contributed by atoms with E-state index in [1.165, 1.54) is 12.0 Å². The van der Waals surface area contributed by atoms with Gasteiger partial charge in [0, 0.05) is 11.1 Å². The van der Waals surface area contributed by atoms with Crippen molar-refractivity contribution in [1.82, 2.24) is 9.78 Å². The largest absolute Gasteiger partial charge is 0.465 e. The van der Waals surface area contributed by atoms with Gasteiger partial charge >= 0.3 is 5.97 Å². The van der Waals surface area contributed by atoms with Crippen LogP contribution in [-0.4, -0.2) is 28.0 Å². The summed E-state index contributed by atoms with van der Waals surface area (Å²) in [7, 11) is 1.39. The smallest absolute Gasteiger partial charge is 0.341 e. The van der Waals surface area contributed by atoms with Gasteiger partial charge in [0.15, 0.2) is 10.9 Å². The average Bonchev–Trinajstić information content (AvgIpc) is 3.39. The summed E-state index contributed by atoms with van der Waals surface area (Å²) < 4.78 is 7.49. The van der Waals surface area contributed by atoms with Crippen LogP contribution in [0.3, 0.4) is 0 Å². The number of hydrogen-bond acceptors (Lipinski definition) is 5. The SMILES string of the molecule is COC(=O)c1c(NC(=S)Nc2nn(Cc3ccc(Cl)c(Cl)c3)cc2Br)sc2c1CCC2. The second-order valence-corrected chi connectivity index (χ2v) is 10.1. The molecule has 0 bridgehead atoms. The number of nitrogens with one attached hydrogen (secondary N) is 2. The van der Waals surface area contributed by atoms with Gasteiger partial charge in [-0.25, -0.2) is 4.79 Å². The first-order valence-electron chi connectivity index (χ1n) is 9.33. The maximum atomic E-state index is 12.3. The molecule has 0 spiro atoms. The fourth-order valence-corrected chi connectivity index (χ4v) is 5.72. The lowest BCUT2D eigenvalue weighted by Gasteiger charge is -2.10. The van der Waals surface area contributed by atoms with Crippen LogP contribution in [0, 0.1) is 0 Å². The Hall–Kier alpha value is -1.65. The highest BCUT2D eigenvalue weighted by Crippen LogP contribution is 2.39. The monoisotopic (exact) mass is 558 g/mol. The molecular weight excluding hydrogens is 543 g/mol. The van der Waals surface area contributed by atoms with Crippen molar-refractivity contribution in [2.24, 2.45) is 0 Å². The number of esters is 1. The third-order valence-electron chi connectivity index (χ3n) is 4.82. The van der Waals surface area contributed by atoms with E-state index in [1.54, 1.807) is 22.1 Å². The van der Waals surface area contributed by atoms with Crippen molar-refractivity contribution in [3.8, 4) is 0 Å². The van der Waals surface area contributed by atoms with Crippen molar-refractivity contribution in [1.29, 1.82) is 0 Å². The van der Waals surface area contributed by atoms with E-state index in [0.29, 0.717) is 38.1 Å². The number of methoxy groups -OCH3 is 1. The molecule has 1 aliphatic carbocycles. The summed E-state index contributed by atoms with van der Waals surface area (Å²) in [5, 5.41) is 12.8. The van der Waals surface area contributed by atoms with Crippen molar-refractivity contribution in [3.63, 3.8) is 0 Å². The zero-order valence-corrected chi connectivity index (χ0v) is 21.0. The maximum Gasteiger partial charge on any atom is 0.341 e. The van der Waals surface area contributed by atoms with Crippen LogP contribution in [0.5, 0.6) is 0 Å². The number of rotatable bonds is 5. The zero-order valence-electron chi connectivity index (χ0n) is 16.3. The van der Waals surface area contributed by atoms with Crippen LogP contribution in [0.25, 0.3) is 0 Å². The minimum atomic E-state index is -0.350. The van der Waals surface area contributed by atoms with Gasteiger partial charge in [0.25, 0.3) is 0 Å². The van der Waals surface area contributed by atoms with E-state index in [2.05, 4.69) is 31.7 Å². The average molecular weight is 560 g/mol. The van der Waals surface area contributed by atoms with Crippen molar-refractivity contribution >= 4 is 84.6 Å². The van der Waals surface area contributed by atoms with Crippen LogP contribution in [-0.2, 0) is 24.1 Å². The number of carbonyl (C=O) groups is 1. The predicted octanol–water partition coefficient (Wildman–Crippen LogP) is 6.15. The molecule has 0 amide bonds. The van der Waals surface area contributed by atoms with Crippen LogP contribution in [0.2, 0.25) is 10.0 Å². The van der Waals surface area contributed by atoms with Gasteiger partial charge in [-0.15, -0.1) is 11.3 Å². The Morgan fingerprint density at radius 1 is 1.32 bits per heavy atom. The predicted molar refractivity (Wildman–Crippen MR) is 133 cm³/mol. The zero-order chi connectivity index (χ0) is 22.1. The molecule has 31 heavy (non-hydrogen) atoms. The van der Waals surface area contributed by atoms with E-state index in [1.807, 2.05) is 18.3 Å². The van der Waals surface area contributed by atoms with E-state index in [9.17, 15) is 4.79 Å². The molecule has 11 heteroatoms. The van der Waals surface area contributed by atoms with Crippen LogP contribution in [0.4, 0.5) is 10.8 Å². The summed E-state index contributed by atoms with van der Waals surface area (Å²) in [4.78, 5) is 13.5. The van der Waals surface area contributed by atoms with Crippen LogP contribution in [0.15, 0.2) is 28.9 Å². The maximum absolute atomic E-state index is 12.3. The quantitative estimate of drug-likeness (QED) is 0.289. The van der Waals surface area contributed by atoms with Gasteiger partial charge in [-0.2, -0.15) is 5.10 Å². The number of halogens is 3. The van der Waals surface area contributed by atoms with Crippen molar-refractivity contribution in [2.75, 3.05) is 17.7 Å². The molecule has 6 nitrogen and oxygen atoms in total. The summed E-state index contributed by atoms with van der Waals surface area (Å²) in [6.45, 7) is 0.515. The first kappa shape index (κ1) is 22.5. The number of ether oxygens (including phenoxy) is 1. The van der Waals surface area contributed by atoms with Crippen LogP contribution >= 0.6 is 62.7 Å². The normalized spacial score (nSPS) is 12.5. The Morgan fingerprint density at radius 3 is 2.87 bits per heavy atom. The van der Waals surface area contributed by atoms with Crippen LogP contribution < -0.4 is 10.6 Å². The van der Waals surface area contributed by atoms with Gasteiger partial charge in [0.1, 0.15) is 5.00 Å². The van der Waals surface area contributed by atoms with E-state index >= 15 is 0 Å². The topological polar surface area (TPSA) is 68.2 Å². The second kappa shape index (κ2) is 9.46.